The van der Waals surface area contributed by atoms with Crippen molar-refractivity contribution in [3.8, 4) is 0 Å². The van der Waals surface area contributed by atoms with E-state index in [1.807, 2.05) is 20.8 Å². The predicted octanol–water partition coefficient (Wildman–Crippen LogP) is 4.96. The molecule has 0 aromatic heterocycles. The maximum Gasteiger partial charge on any atom is 0.407 e. The number of rotatable bonds is 11. The van der Waals surface area contributed by atoms with Crippen molar-refractivity contribution in [2.75, 3.05) is 6.54 Å². The Morgan fingerprint density at radius 2 is 1.68 bits per heavy atom. The van der Waals surface area contributed by atoms with Crippen LogP contribution in [0.1, 0.15) is 73.3 Å². The Kier molecular flexibility index (Phi) is 10.4. The first-order valence-electron chi connectivity index (χ1n) is 11.0. The lowest BCUT2D eigenvalue weighted by atomic mass is 9.94. The first-order chi connectivity index (χ1) is 14.2. The van der Waals surface area contributed by atoms with Crippen LogP contribution in [0.25, 0.3) is 0 Å². The second-order valence-corrected chi connectivity index (χ2v) is 10.4. The molecule has 0 unspecified atom stereocenters. The van der Waals surface area contributed by atoms with Crippen LogP contribution in [0.3, 0.4) is 0 Å². The smallest absolute Gasteiger partial charge is 0.407 e. The van der Waals surface area contributed by atoms with E-state index in [0.717, 1.165) is 25.3 Å². The number of nitrogens with one attached hydrogen (secondary N) is 2. The highest BCUT2D eigenvalue weighted by Crippen LogP contribution is 2.18. The van der Waals surface area contributed by atoms with Gasteiger partial charge in [0.05, 0.1) is 0 Å². The second kappa shape index (κ2) is 11.8. The number of carbonyl (C=O) groups excluding carboxylic acids is 1. The van der Waals surface area contributed by atoms with Gasteiger partial charge in [-0.05, 0) is 64.7 Å². The van der Waals surface area contributed by atoms with Gasteiger partial charge >= 0.3 is 6.09 Å². The highest BCUT2D eigenvalue weighted by molar-refractivity contribution is 5.68. The maximum absolute atomic E-state index is 13.6. The third kappa shape index (κ3) is 12.0. The fourth-order valence-corrected chi connectivity index (χ4v) is 3.24. The summed E-state index contributed by atoms with van der Waals surface area (Å²) in [6, 6.07) is 3.14. The molecule has 0 heterocycles. The van der Waals surface area contributed by atoms with E-state index in [4.69, 9.17) is 4.74 Å². The first-order valence-corrected chi connectivity index (χ1v) is 11.0. The van der Waals surface area contributed by atoms with E-state index in [1.54, 1.807) is 0 Å². The number of ether oxygens (including phenoxy) is 1. The molecule has 0 aliphatic carbocycles. The van der Waals surface area contributed by atoms with Crippen molar-refractivity contribution >= 4 is 6.09 Å². The van der Waals surface area contributed by atoms with E-state index in [-0.39, 0.29) is 18.5 Å². The number of alkyl carbamates (subject to hydrolysis) is 1. The summed E-state index contributed by atoms with van der Waals surface area (Å²) in [5, 5.41) is 16.8. The van der Waals surface area contributed by atoms with E-state index in [9.17, 15) is 18.7 Å². The Labute approximate surface area is 186 Å². The third-order valence-corrected chi connectivity index (χ3v) is 4.90. The number of halogens is 2. The van der Waals surface area contributed by atoms with Gasteiger partial charge in [0.1, 0.15) is 23.8 Å². The zero-order valence-electron chi connectivity index (χ0n) is 20.0. The molecule has 0 bridgehead atoms. The summed E-state index contributed by atoms with van der Waals surface area (Å²) in [5.41, 5.74) is -0.422. The number of hydrogen-bond acceptors (Lipinski definition) is 4. The number of carbonyl (C=O) groups is 1. The standard InChI is InChI=1S/C24H40F2N2O3/c1-16(2)9-8-10-24(6,7)27-15-20(29)21(31-22(30)28-23(3,4)5)13-17-11-18(25)14-19(26)12-17/h11-12,14,16,20-21,27,29H,8-10,13,15H2,1-7H3,(H,28,30)/t20-,21+/m1/s1. The molecule has 0 saturated carbocycles. The van der Waals surface area contributed by atoms with Crippen LogP contribution in [0.15, 0.2) is 18.2 Å². The SMILES string of the molecule is CC(C)CCCC(C)(C)NC[C@@H](O)[C@H](Cc1cc(F)cc(F)c1)OC(=O)NC(C)(C)C. The predicted molar refractivity (Wildman–Crippen MR) is 120 cm³/mol. The zero-order chi connectivity index (χ0) is 23.8. The number of aliphatic hydroxyl groups is 1. The molecule has 1 aromatic rings. The number of hydrogen-bond donors (Lipinski definition) is 3. The van der Waals surface area contributed by atoms with E-state index in [2.05, 4.69) is 38.3 Å². The van der Waals surface area contributed by atoms with Gasteiger partial charge < -0.3 is 20.5 Å². The van der Waals surface area contributed by atoms with E-state index in [1.165, 1.54) is 12.1 Å². The Balaban J connectivity index is 2.84. The summed E-state index contributed by atoms with van der Waals surface area (Å²) in [4.78, 5) is 12.3. The van der Waals surface area contributed by atoms with Crippen molar-refractivity contribution in [2.24, 2.45) is 5.92 Å². The minimum absolute atomic E-state index is 0.0110. The lowest BCUT2D eigenvalue weighted by Crippen LogP contribution is -2.49. The molecule has 178 valence electrons. The molecular formula is C24H40F2N2O3. The lowest BCUT2D eigenvalue weighted by Gasteiger charge is -2.31. The summed E-state index contributed by atoms with van der Waals surface area (Å²) in [6.45, 7) is 14.1. The molecule has 1 rings (SSSR count). The molecule has 0 aliphatic rings. The van der Waals surface area contributed by atoms with Crippen LogP contribution in [0.4, 0.5) is 13.6 Å². The van der Waals surface area contributed by atoms with Crippen molar-refractivity contribution in [1.82, 2.24) is 10.6 Å². The molecule has 2 atom stereocenters. The maximum atomic E-state index is 13.6. The summed E-state index contributed by atoms with van der Waals surface area (Å²) >= 11 is 0. The molecule has 0 saturated heterocycles. The second-order valence-electron chi connectivity index (χ2n) is 10.4. The highest BCUT2D eigenvalue weighted by atomic mass is 19.1. The van der Waals surface area contributed by atoms with Gasteiger partial charge in [-0.3, -0.25) is 0 Å². The zero-order valence-corrected chi connectivity index (χ0v) is 20.0. The van der Waals surface area contributed by atoms with Crippen LogP contribution in [0, 0.1) is 17.6 Å². The molecule has 3 N–H and O–H groups in total. The molecule has 0 spiro atoms. The molecule has 1 aromatic carbocycles. The number of benzene rings is 1. The molecular weight excluding hydrogens is 402 g/mol. The topological polar surface area (TPSA) is 70.6 Å². The minimum Gasteiger partial charge on any atom is -0.443 e. The van der Waals surface area contributed by atoms with Crippen LogP contribution >= 0.6 is 0 Å². The Morgan fingerprint density at radius 3 is 2.19 bits per heavy atom. The van der Waals surface area contributed by atoms with Crippen LogP contribution in [0.5, 0.6) is 0 Å². The molecule has 0 fully saturated rings. The Morgan fingerprint density at radius 1 is 1.10 bits per heavy atom. The Bertz CT molecular complexity index is 682. The number of β-amino-alcohol motifs (C(OH)–C–C–N with tert-alkyl or cyclic N) is 1. The molecule has 0 radical (unpaired) electrons. The Hall–Kier alpha value is -1.73. The van der Waals surface area contributed by atoms with Gasteiger partial charge in [-0.25, -0.2) is 13.6 Å². The van der Waals surface area contributed by atoms with Crippen LogP contribution < -0.4 is 10.6 Å². The van der Waals surface area contributed by atoms with Crippen LogP contribution in [-0.4, -0.2) is 41.0 Å². The third-order valence-electron chi connectivity index (χ3n) is 4.90. The molecule has 31 heavy (non-hydrogen) atoms. The first kappa shape index (κ1) is 27.3. The van der Waals surface area contributed by atoms with E-state index >= 15 is 0 Å². The van der Waals surface area contributed by atoms with Crippen molar-refractivity contribution in [3.63, 3.8) is 0 Å². The van der Waals surface area contributed by atoms with E-state index < -0.39 is 35.5 Å². The molecule has 1 amide bonds. The van der Waals surface area contributed by atoms with Crippen molar-refractivity contribution in [3.05, 3.63) is 35.4 Å². The van der Waals surface area contributed by atoms with Crippen molar-refractivity contribution in [1.29, 1.82) is 0 Å². The summed E-state index contributed by atoms with van der Waals surface area (Å²) in [5.74, 6) is -0.800. The van der Waals surface area contributed by atoms with Gasteiger partial charge in [0.2, 0.25) is 0 Å². The quantitative estimate of drug-likeness (QED) is 0.453. The number of amides is 1. The summed E-state index contributed by atoms with van der Waals surface area (Å²) in [6.07, 6.45) is 0.391. The minimum atomic E-state index is -1.05. The van der Waals surface area contributed by atoms with Gasteiger partial charge in [-0.2, -0.15) is 0 Å². The largest absolute Gasteiger partial charge is 0.443 e. The molecule has 7 heteroatoms. The monoisotopic (exact) mass is 442 g/mol. The van der Waals surface area contributed by atoms with Gasteiger partial charge in [-0.15, -0.1) is 0 Å². The average Bonchev–Trinajstić information content (AvgIpc) is 2.56. The van der Waals surface area contributed by atoms with Crippen molar-refractivity contribution in [2.45, 2.75) is 97.4 Å². The van der Waals surface area contributed by atoms with E-state index in [0.29, 0.717) is 11.5 Å². The fraction of sp³-hybridized carbons (Fsp3) is 0.708. The average molecular weight is 443 g/mol. The molecule has 5 nitrogen and oxygen atoms in total. The lowest BCUT2D eigenvalue weighted by molar-refractivity contribution is -0.00148. The van der Waals surface area contributed by atoms with Crippen LogP contribution in [0.2, 0.25) is 0 Å². The van der Waals surface area contributed by atoms with Crippen LogP contribution in [-0.2, 0) is 11.2 Å². The highest BCUT2D eigenvalue weighted by Gasteiger charge is 2.28. The van der Waals surface area contributed by atoms with Gasteiger partial charge in [0.25, 0.3) is 0 Å². The van der Waals surface area contributed by atoms with Crippen molar-refractivity contribution < 1.29 is 23.4 Å². The normalized spacial score (nSPS) is 14.4. The summed E-state index contributed by atoms with van der Waals surface area (Å²) in [7, 11) is 0. The fourth-order valence-electron chi connectivity index (χ4n) is 3.24. The van der Waals surface area contributed by atoms with Gasteiger partial charge in [0, 0.05) is 30.1 Å². The molecule has 0 aliphatic heterocycles. The summed E-state index contributed by atoms with van der Waals surface area (Å²) < 4.78 is 32.7. The van der Waals surface area contributed by atoms with Gasteiger partial charge in [0.15, 0.2) is 0 Å². The van der Waals surface area contributed by atoms with Gasteiger partial charge in [-0.1, -0.05) is 26.7 Å². The number of aliphatic hydroxyl groups excluding tert-OH is 1.